The van der Waals surface area contributed by atoms with E-state index < -0.39 is 148 Å². The molecule has 3 heterocycles. The van der Waals surface area contributed by atoms with Crippen LogP contribution in [0.5, 0.6) is 0 Å². The van der Waals surface area contributed by atoms with Crippen LogP contribution in [-0.2, 0) is 42.8 Å². The molecular weight excluding hydrogens is 1350 g/mol. The third-order valence-corrected chi connectivity index (χ3v) is 21.4. The van der Waals surface area contributed by atoms with Gasteiger partial charge in [-0.15, -0.1) is 0 Å². The van der Waals surface area contributed by atoms with Gasteiger partial charge in [-0.1, -0.05) is 301 Å². The van der Waals surface area contributed by atoms with Gasteiger partial charge >= 0.3 is 5.97 Å². The van der Waals surface area contributed by atoms with Crippen molar-refractivity contribution in [3.63, 3.8) is 0 Å². The molecule has 3 rings (SSSR count). The van der Waals surface area contributed by atoms with E-state index in [-0.39, 0.29) is 18.9 Å². The summed E-state index contributed by atoms with van der Waals surface area (Å²) in [7, 11) is 0. The van der Waals surface area contributed by atoms with Crippen LogP contribution >= 0.6 is 0 Å². The van der Waals surface area contributed by atoms with Crippen molar-refractivity contribution in [1.82, 2.24) is 10.6 Å². The smallest absolute Gasteiger partial charge is 0.364 e. The second-order valence-electron chi connectivity index (χ2n) is 30.7. The molecule has 3 fully saturated rings. The number of ether oxygens (including phenoxy) is 6. The number of rotatable bonds is 67. The molecule has 3 aliphatic heterocycles. The minimum atomic E-state index is -3.08. The lowest BCUT2D eigenvalue weighted by Crippen LogP contribution is -2.70. The molecule has 616 valence electrons. The van der Waals surface area contributed by atoms with Crippen molar-refractivity contribution < 1.29 is 104 Å². The number of amides is 2. The number of hydrogen-bond donors (Lipinski definition) is 14. The van der Waals surface area contributed by atoms with Crippen LogP contribution in [0, 0.1) is 0 Å². The zero-order valence-electron chi connectivity index (χ0n) is 65.3. The molecule has 18 atom stereocenters. The average Bonchev–Trinajstić information content (AvgIpc) is 0.755. The molecule has 3 saturated heterocycles. The number of carbonyl (C=O) groups is 3. The van der Waals surface area contributed by atoms with E-state index in [9.17, 15) is 75.7 Å². The highest BCUT2D eigenvalue weighted by atomic mass is 16.8. The maximum Gasteiger partial charge on any atom is 0.364 e. The Balaban J connectivity index is 1.38. The Morgan fingerprint density at radius 2 is 0.914 bits per heavy atom. The standard InChI is InChI=1S/C82H152N2O21/c1-4-6-8-10-12-14-16-18-19-20-21-22-23-24-25-26-27-28-29-30-31-32-33-34-35-36-37-38-39-40-41-42-43-44-46-48-50-52-54-56-69(92)84-63(64(89)55-53-51-49-47-45-17-15-13-11-9-7-5-2)61-100-79-74(96)73(95)76(68(60-87)102-79)103-80-75(97)78(72(94)67(59-86)101-80)105-82(81(98)99)57-65(90)70(83-62(3)88)77(104-82)71(93)66(91)58-85/h27-28,30-31,63-68,70-80,85-87,89-91,93-97H,4-26,29,32-61H2,1-3H3,(H,83,88)(H,84,92)(H,98,99)/b28-27-,31-30-. The Labute approximate surface area is 632 Å². The van der Waals surface area contributed by atoms with Crippen molar-refractivity contribution >= 4 is 17.8 Å². The molecule has 0 aromatic heterocycles. The van der Waals surface area contributed by atoms with Crippen molar-refractivity contribution in [2.24, 2.45) is 0 Å². The number of carboxylic acids is 1. The summed E-state index contributed by atoms with van der Waals surface area (Å²) in [4.78, 5) is 38.7. The summed E-state index contributed by atoms with van der Waals surface area (Å²) >= 11 is 0. The number of carbonyl (C=O) groups excluding carboxylic acids is 2. The lowest BCUT2D eigenvalue weighted by atomic mass is 9.88. The van der Waals surface area contributed by atoms with Crippen molar-refractivity contribution in [2.75, 3.05) is 26.4 Å². The number of aliphatic hydroxyl groups excluding tert-OH is 11. The lowest BCUT2D eigenvalue weighted by molar-refractivity contribution is -0.386. The Morgan fingerprint density at radius 3 is 1.33 bits per heavy atom. The molecule has 0 aliphatic carbocycles. The van der Waals surface area contributed by atoms with Gasteiger partial charge in [0.2, 0.25) is 11.8 Å². The van der Waals surface area contributed by atoms with Gasteiger partial charge in [0.15, 0.2) is 12.6 Å². The molecule has 2 amide bonds. The first-order valence-corrected chi connectivity index (χ1v) is 42.2. The van der Waals surface area contributed by atoms with E-state index in [0.717, 1.165) is 64.7 Å². The van der Waals surface area contributed by atoms with Gasteiger partial charge in [-0.25, -0.2) is 4.79 Å². The molecule has 14 N–H and O–H groups in total. The van der Waals surface area contributed by atoms with E-state index in [1.54, 1.807) is 0 Å². The molecule has 0 aromatic rings. The van der Waals surface area contributed by atoms with Crippen LogP contribution in [0.4, 0.5) is 0 Å². The third-order valence-electron chi connectivity index (χ3n) is 21.4. The lowest BCUT2D eigenvalue weighted by Gasteiger charge is -2.50. The Morgan fingerprint density at radius 1 is 0.495 bits per heavy atom. The van der Waals surface area contributed by atoms with E-state index >= 15 is 0 Å². The van der Waals surface area contributed by atoms with Crippen molar-refractivity contribution in [1.29, 1.82) is 0 Å². The van der Waals surface area contributed by atoms with E-state index in [1.165, 1.54) is 231 Å². The SMILES string of the molecule is CCCCCCCCCCCCCCCCC/C=C\C/C=C\CCCCCCCCCCCCCCCCCCCC(=O)NC(COC1OC(CO)C(OC2OC(CO)C(O)C(OC3(C(=O)O)CC(O)C(NC(C)=O)C(C(O)C(O)CO)O3)C2O)C(O)C1O)C(O)CCCCCCCCCCCCCC. The van der Waals surface area contributed by atoms with Gasteiger partial charge in [-0.2, -0.15) is 0 Å². The number of allylic oxidation sites excluding steroid dienone is 4. The van der Waals surface area contributed by atoms with Crippen molar-refractivity contribution in [3.8, 4) is 0 Å². The average molecular weight is 1500 g/mol. The summed E-state index contributed by atoms with van der Waals surface area (Å²) < 4.78 is 34.9. The van der Waals surface area contributed by atoms with E-state index in [4.69, 9.17) is 28.4 Å². The fourth-order valence-corrected chi connectivity index (χ4v) is 14.7. The number of carboxylic acid groups (broad SMARTS) is 1. The maximum absolute atomic E-state index is 13.5. The molecule has 3 aliphatic rings. The van der Waals surface area contributed by atoms with Crippen LogP contribution in [0.15, 0.2) is 24.3 Å². The highest BCUT2D eigenvalue weighted by Crippen LogP contribution is 2.39. The molecule has 0 bridgehead atoms. The van der Waals surface area contributed by atoms with Crippen LogP contribution in [0.3, 0.4) is 0 Å². The van der Waals surface area contributed by atoms with Crippen LogP contribution in [0.2, 0.25) is 0 Å². The monoisotopic (exact) mass is 1500 g/mol. The summed E-state index contributed by atoms with van der Waals surface area (Å²) in [6.07, 6.45) is 39.4. The second-order valence-corrected chi connectivity index (χ2v) is 30.7. The number of hydrogen-bond acceptors (Lipinski definition) is 20. The van der Waals surface area contributed by atoms with Crippen LogP contribution in [0.1, 0.15) is 342 Å². The first-order valence-electron chi connectivity index (χ1n) is 42.2. The van der Waals surface area contributed by atoms with Gasteiger partial charge in [0.1, 0.15) is 67.1 Å². The zero-order chi connectivity index (χ0) is 76.7. The normalized spacial score (nSPS) is 26.3. The van der Waals surface area contributed by atoms with Crippen LogP contribution in [0.25, 0.3) is 0 Å². The van der Waals surface area contributed by atoms with Gasteiger partial charge in [-0.3, -0.25) is 9.59 Å². The van der Waals surface area contributed by atoms with Crippen molar-refractivity contribution in [2.45, 2.75) is 452 Å². The number of aliphatic carboxylic acids is 1. The zero-order valence-corrected chi connectivity index (χ0v) is 65.3. The first-order chi connectivity index (χ1) is 50.9. The highest BCUT2D eigenvalue weighted by molar-refractivity contribution is 5.77. The molecule has 0 radical (unpaired) electrons. The summed E-state index contributed by atoms with van der Waals surface area (Å²) in [5.41, 5.74) is 0. The number of unbranched alkanes of at least 4 members (excludes halogenated alkanes) is 43. The second kappa shape index (κ2) is 60.9. The first kappa shape index (κ1) is 96.4. The molecule has 0 saturated carbocycles. The fourth-order valence-electron chi connectivity index (χ4n) is 14.7. The topological polar surface area (TPSA) is 373 Å². The third kappa shape index (κ3) is 40.8. The Hall–Kier alpha value is -2.79. The minimum Gasteiger partial charge on any atom is -0.477 e. The number of aliphatic hydroxyl groups is 11. The maximum atomic E-state index is 13.5. The van der Waals surface area contributed by atoms with Gasteiger partial charge < -0.3 is 100 Å². The molecule has 105 heavy (non-hydrogen) atoms. The fraction of sp³-hybridized carbons (Fsp3) is 0.915. The van der Waals surface area contributed by atoms with Gasteiger partial charge in [0.25, 0.3) is 5.79 Å². The van der Waals surface area contributed by atoms with E-state index in [2.05, 4.69) is 48.8 Å². The largest absolute Gasteiger partial charge is 0.477 e. The molecule has 18 unspecified atom stereocenters. The Kier molecular flexibility index (Phi) is 55.9. The van der Waals surface area contributed by atoms with Gasteiger partial charge in [0.05, 0.1) is 50.7 Å². The predicted octanol–water partition coefficient (Wildman–Crippen LogP) is 11.9. The van der Waals surface area contributed by atoms with Gasteiger partial charge in [-0.05, 0) is 44.9 Å². The summed E-state index contributed by atoms with van der Waals surface area (Å²) in [5.74, 6) is -6.10. The predicted molar refractivity (Wildman–Crippen MR) is 408 cm³/mol. The van der Waals surface area contributed by atoms with Crippen LogP contribution < -0.4 is 10.6 Å². The summed E-state index contributed by atoms with van der Waals surface area (Å²) in [5, 5.41) is 136. The molecule has 23 nitrogen and oxygen atoms in total. The number of nitrogens with one attached hydrogen (secondary N) is 2. The Bertz CT molecular complexity index is 2180. The van der Waals surface area contributed by atoms with E-state index in [1.807, 2.05) is 0 Å². The molecule has 23 heteroatoms. The van der Waals surface area contributed by atoms with E-state index in [0.29, 0.717) is 19.3 Å². The van der Waals surface area contributed by atoms with Crippen LogP contribution in [-0.4, -0.2) is 215 Å². The quantitative estimate of drug-likeness (QED) is 0.0199. The molecule has 0 aromatic carbocycles. The summed E-state index contributed by atoms with van der Waals surface area (Å²) in [6, 6.07) is -2.53. The summed E-state index contributed by atoms with van der Waals surface area (Å²) in [6.45, 7) is 2.23. The minimum absolute atomic E-state index is 0.225. The van der Waals surface area contributed by atoms with Crippen molar-refractivity contribution in [3.05, 3.63) is 24.3 Å². The highest BCUT2D eigenvalue weighted by Gasteiger charge is 2.60. The van der Waals surface area contributed by atoms with Gasteiger partial charge in [0, 0.05) is 19.8 Å². The molecule has 0 spiro atoms. The molecular formula is C82H152N2O21.